The number of carbonyl (C=O) groups excluding carboxylic acids is 2. The number of hydrogen-bond donors (Lipinski definition) is 3. The van der Waals surface area contributed by atoms with Gasteiger partial charge in [0, 0.05) is 18.8 Å². The van der Waals surface area contributed by atoms with E-state index >= 15 is 0 Å². The average Bonchev–Trinajstić information content (AvgIpc) is 2.75. The van der Waals surface area contributed by atoms with E-state index in [2.05, 4.69) is 15.4 Å². The molecule has 0 aliphatic carbocycles. The van der Waals surface area contributed by atoms with Gasteiger partial charge in [-0.05, 0) is 42.7 Å². The van der Waals surface area contributed by atoms with Gasteiger partial charge in [-0.3, -0.25) is 9.59 Å². The molecule has 0 heterocycles. The summed E-state index contributed by atoms with van der Waals surface area (Å²) in [5.74, 6) is -0.951. The van der Waals surface area contributed by atoms with Crippen LogP contribution in [0.4, 0.5) is 10.1 Å². The Kier molecular flexibility index (Phi) is 9.28. The van der Waals surface area contributed by atoms with Crippen LogP contribution >= 0.6 is 11.8 Å². The second-order valence-electron chi connectivity index (χ2n) is 6.36. The van der Waals surface area contributed by atoms with Crippen LogP contribution in [0.5, 0.6) is 5.75 Å². The maximum atomic E-state index is 14.0. The molecule has 11 heteroatoms. The SMILES string of the molecule is CNC(=O)COc1cccc(NC(=O)C(CCSC)NS(=O)(=O)c2ccccc2F)c1. The van der Waals surface area contributed by atoms with Gasteiger partial charge >= 0.3 is 0 Å². The zero-order chi connectivity index (χ0) is 22.9. The van der Waals surface area contributed by atoms with Crippen molar-refractivity contribution in [2.75, 3.05) is 31.0 Å². The molecule has 0 aliphatic heterocycles. The van der Waals surface area contributed by atoms with Crippen molar-refractivity contribution in [3.05, 3.63) is 54.3 Å². The summed E-state index contributed by atoms with van der Waals surface area (Å²) in [5, 5.41) is 5.06. The minimum atomic E-state index is -4.25. The van der Waals surface area contributed by atoms with Crippen molar-refractivity contribution < 1.29 is 27.1 Å². The molecule has 0 spiro atoms. The topological polar surface area (TPSA) is 114 Å². The van der Waals surface area contributed by atoms with Crippen LogP contribution in [0, 0.1) is 5.82 Å². The van der Waals surface area contributed by atoms with Crippen LogP contribution in [0.15, 0.2) is 53.4 Å². The van der Waals surface area contributed by atoms with E-state index in [1.54, 1.807) is 18.2 Å². The van der Waals surface area contributed by atoms with Gasteiger partial charge in [0.1, 0.15) is 22.5 Å². The smallest absolute Gasteiger partial charge is 0.257 e. The molecular formula is C20H24FN3O5S2. The highest BCUT2D eigenvalue weighted by Crippen LogP contribution is 2.19. The van der Waals surface area contributed by atoms with E-state index in [1.165, 1.54) is 37.0 Å². The minimum absolute atomic E-state index is 0.188. The highest BCUT2D eigenvalue weighted by molar-refractivity contribution is 7.98. The quantitative estimate of drug-likeness (QED) is 0.464. The molecule has 1 unspecified atom stereocenters. The van der Waals surface area contributed by atoms with Gasteiger partial charge in [-0.1, -0.05) is 18.2 Å². The zero-order valence-corrected chi connectivity index (χ0v) is 18.7. The third-order valence-corrected chi connectivity index (χ3v) is 6.25. The number of rotatable bonds is 11. The number of anilines is 1. The first kappa shape index (κ1) is 24.6. The molecule has 8 nitrogen and oxygen atoms in total. The number of benzene rings is 2. The molecule has 31 heavy (non-hydrogen) atoms. The first-order valence-corrected chi connectivity index (χ1v) is 12.1. The Balaban J connectivity index is 2.15. The maximum absolute atomic E-state index is 14.0. The van der Waals surface area contributed by atoms with Crippen molar-refractivity contribution in [2.45, 2.75) is 17.4 Å². The predicted octanol–water partition coefficient (Wildman–Crippen LogP) is 1.99. The molecule has 168 valence electrons. The Hall–Kier alpha value is -2.63. The van der Waals surface area contributed by atoms with E-state index in [0.717, 1.165) is 12.1 Å². The van der Waals surface area contributed by atoms with Gasteiger partial charge in [-0.2, -0.15) is 16.5 Å². The number of thioether (sulfide) groups is 1. The summed E-state index contributed by atoms with van der Waals surface area (Å²) in [6.45, 7) is -0.188. The first-order valence-electron chi connectivity index (χ1n) is 9.27. The molecule has 2 rings (SSSR count). The van der Waals surface area contributed by atoms with Crippen LogP contribution in [0.2, 0.25) is 0 Å². The standard InChI is InChI=1S/C20H24FN3O5S2/c1-22-19(25)13-29-15-7-5-6-14(12-15)23-20(26)17(10-11-30-2)24-31(27,28)18-9-4-3-8-16(18)21/h3-9,12,17,24H,10-11,13H2,1-2H3,(H,22,25)(H,23,26). The fourth-order valence-electron chi connectivity index (χ4n) is 2.51. The maximum Gasteiger partial charge on any atom is 0.257 e. The Morgan fingerprint density at radius 3 is 2.58 bits per heavy atom. The lowest BCUT2D eigenvalue weighted by atomic mass is 10.2. The van der Waals surface area contributed by atoms with Crippen LogP contribution in [0.25, 0.3) is 0 Å². The van der Waals surface area contributed by atoms with E-state index in [0.29, 0.717) is 17.2 Å². The summed E-state index contributed by atoms with van der Waals surface area (Å²) in [4.78, 5) is 23.6. The van der Waals surface area contributed by atoms with Crippen molar-refractivity contribution >= 4 is 39.3 Å². The fraction of sp³-hybridized carbons (Fsp3) is 0.300. The Morgan fingerprint density at radius 2 is 1.90 bits per heavy atom. The number of hydrogen-bond acceptors (Lipinski definition) is 6. The number of nitrogens with one attached hydrogen (secondary N) is 3. The third-order valence-electron chi connectivity index (χ3n) is 4.10. The van der Waals surface area contributed by atoms with Crippen molar-refractivity contribution in [3.63, 3.8) is 0 Å². The monoisotopic (exact) mass is 469 g/mol. The van der Waals surface area contributed by atoms with Crippen molar-refractivity contribution in [2.24, 2.45) is 0 Å². The van der Waals surface area contributed by atoms with Crippen LogP contribution in [-0.2, 0) is 19.6 Å². The van der Waals surface area contributed by atoms with Crippen LogP contribution < -0.4 is 20.1 Å². The summed E-state index contributed by atoms with van der Waals surface area (Å²) in [7, 11) is -2.77. The molecule has 0 saturated carbocycles. The molecule has 1 atom stereocenters. The van der Waals surface area contributed by atoms with E-state index in [9.17, 15) is 22.4 Å². The van der Waals surface area contributed by atoms with Gasteiger partial charge in [0.15, 0.2) is 6.61 Å². The average molecular weight is 470 g/mol. The number of sulfonamides is 1. The predicted molar refractivity (Wildman–Crippen MR) is 118 cm³/mol. The highest BCUT2D eigenvalue weighted by Gasteiger charge is 2.27. The summed E-state index contributed by atoms with van der Waals surface area (Å²) in [5.41, 5.74) is 0.360. The van der Waals surface area contributed by atoms with Gasteiger partial charge in [0.2, 0.25) is 15.9 Å². The summed E-state index contributed by atoms with van der Waals surface area (Å²) < 4.78 is 46.8. The molecule has 2 aromatic rings. The van der Waals surface area contributed by atoms with Gasteiger partial charge in [-0.15, -0.1) is 0 Å². The van der Waals surface area contributed by atoms with Crippen LogP contribution in [0.1, 0.15) is 6.42 Å². The van der Waals surface area contributed by atoms with E-state index in [1.807, 2.05) is 6.26 Å². The lowest BCUT2D eigenvalue weighted by Crippen LogP contribution is -2.44. The number of carbonyl (C=O) groups is 2. The summed E-state index contributed by atoms with van der Waals surface area (Å²) in [6.07, 6.45) is 2.03. The summed E-state index contributed by atoms with van der Waals surface area (Å²) in [6, 6.07) is 10.2. The fourth-order valence-corrected chi connectivity index (χ4v) is 4.29. The molecule has 0 aliphatic rings. The van der Waals surface area contributed by atoms with Gasteiger partial charge in [0.05, 0.1) is 0 Å². The second-order valence-corrected chi connectivity index (χ2v) is 9.03. The Bertz CT molecular complexity index is 1020. The number of likely N-dealkylation sites (N-methyl/N-ethyl adjacent to an activating group) is 1. The van der Waals surface area contributed by atoms with E-state index in [4.69, 9.17) is 4.74 Å². The Morgan fingerprint density at radius 1 is 1.16 bits per heavy atom. The van der Waals surface area contributed by atoms with E-state index < -0.39 is 32.7 Å². The van der Waals surface area contributed by atoms with Gasteiger partial charge in [-0.25, -0.2) is 12.8 Å². The largest absolute Gasteiger partial charge is 0.484 e. The van der Waals surface area contributed by atoms with Crippen molar-refractivity contribution in [3.8, 4) is 5.75 Å². The molecule has 2 aromatic carbocycles. The normalized spacial score (nSPS) is 12.1. The third kappa shape index (κ3) is 7.53. The Labute approximate surface area is 185 Å². The number of halogens is 1. The summed E-state index contributed by atoms with van der Waals surface area (Å²) >= 11 is 1.45. The molecule has 0 radical (unpaired) electrons. The molecular weight excluding hydrogens is 445 g/mol. The lowest BCUT2D eigenvalue weighted by molar-refractivity contribution is -0.122. The van der Waals surface area contributed by atoms with Gasteiger partial charge in [0.25, 0.3) is 5.91 Å². The van der Waals surface area contributed by atoms with Gasteiger partial charge < -0.3 is 15.4 Å². The molecule has 0 bridgehead atoms. The van der Waals surface area contributed by atoms with Crippen LogP contribution in [-0.4, -0.2) is 51.9 Å². The van der Waals surface area contributed by atoms with Crippen molar-refractivity contribution in [1.29, 1.82) is 0 Å². The molecule has 3 N–H and O–H groups in total. The zero-order valence-electron chi connectivity index (χ0n) is 17.1. The molecule has 2 amide bonds. The number of amides is 2. The van der Waals surface area contributed by atoms with Crippen LogP contribution in [0.3, 0.4) is 0 Å². The number of ether oxygens (including phenoxy) is 1. The van der Waals surface area contributed by atoms with Crippen molar-refractivity contribution in [1.82, 2.24) is 10.0 Å². The second kappa shape index (κ2) is 11.7. The minimum Gasteiger partial charge on any atom is -0.484 e. The highest BCUT2D eigenvalue weighted by atomic mass is 32.2. The molecule has 0 fully saturated rings. The first-order chi connectivity index (χ1) is 14.8. The molecule has 0 aromatic heterocycles. The van der Waals surface area contributed by atoms with E-state index in [-0.39, 0.29) is 18.9 Å². The molecule has 0 saturated heterocycles. The lowest BCUT2D eigenvalue weighted by Gasteiger charge is -2.19.